The molecule has 1 aliphatic rings. The van der Waals surface area contributed by atoms with Gasteiger partial charge in [-0.1, -0.05) is 17.7 Å². The normalized spacial score (nSPS) is 17.2. The predicted octanol–water partition coefficient (Wildman–Crippen LogP) is 3.37. The van der Waals surface area contributed by atoms with Gasteiger partial charge in [-0.2, -0.15) is 4.31 Å². The highest BCUT2D eigenvalue weighted by Gasteiger charge is 2.34. The topological polar surface area (TPSA) is 92.8 Å². The zero-order valence-electron chi connectivity index (χ0n) is 16.8. The van der Waals surface area contributed by atoms with Crippen LogP contribution in [-0.2, 0) is 24.3 Å². The Kier molecular flexibility index (Phi) is 7.30. The van der Waals surface area contributed by atoms with E-state index in [0.29, 0.717) is 23.6 Å². The van der Waals surface area contributed by atoms with E-state index >= 15 is 0 Å². The summed E-state index contributed by atoms with van der Waals surface area (Å²) in [6.07, 6.45) is 0.914. The number of amides is 1. The number of carbonyl (C=O) groups is 2. The lowest BCUT2D eigenvalue weighted by molar-refractivity contribution is -0.152. The third kappa shape index (κ3) is 5.81. The number of hydrogen-bond donors (Lipinski definition) is 1. The molecule has 2 aromatic carbocycles. The number of nitrogens with zero attached hydrogens (tertiary/aromatic N) is 1. The Morgan fingerprint density at radius 3 is 2.61 bits per heavy atom. The number of anilines is 1. The molecule has 0 radical (unpaired) electrons. The zero-order chi connectivity index (χ0) is 22.6. The molecular weight excluding hydrogens is 447 g/mol. The Balaban J connectivity index is 1.56. The second-order valence-electron chi connectivity index (χ2n) is 7.28. The van der Waals surface area contributed by atoms with E-state index in [-0.39, 0.29) is 18.0 Å². The van der Waals surface area contributed by atoms with Crippen molar-refractivity contribution in [1.29, 1.82) is 0 Å². The van der Waals surface area contributed by atoms with Gasteiger partial charge in [0, 0.05) is 23.8 Å². The van der Waals surface area contributed by atoms with Crippen molar-refractivity contribution in [3.05, 3.63) is 58.9 Å². The lowest BCUT2D eigenvalue weighted by atomic mass is 10.00. The first-order chi connectivity index (χ1) is 14.7. The number of sulfonamides is 1. The first-order valence-corrected chi connectivity index (χ1v) is 11.5. The van der Waals surface area contributed by atoms with Crippen LogP contribution in [0.3, 0.4) is 0 Å². The number of halogens is 2. The second-order valence-corrected chi connectivity index (χ2v) is 9.62. The SMILES string of the molecule is Cc1ccc(NC(=O)COC(=O)C2CCCN(S(=O)(=O)c3ccc(F)cc3)C2)cc1Cl. The van der Waals surface area contributed by atoms with Crippen LogP contribution in [0.25, 0.3) is 0 Å². The predicted molar refractivity (Wildman–Crippen MR) is 114 cm³/mol. The Morgan fingerprint density at radius 2 is 1.94 bits per heavy atom. The Labute approximate surface area is 185 Å². The number of benzene rings is 2. The minimum absolute atomic E-state index is 0.0425. The highest BCUT2D eigenvalue weighted by atomic mass is 35.5. The van der Waals surface area contributed by atoms with Crippen molar-refractivity contribution in [2.24, 2.45) is 5.92 Å². The number of nitrogens with one attached hydrogen (secondary N) is 1. The highest BCUT2D eigenvalue weighted by molar-refractivity contribution is 7.89. The van der Waals surface area contributed by atoms with Crippen molar-refractivity contribution < 1.29 is 27.1 Å². The molecule has 1 heterocycles. The van der Waals surface area contributed by atoms with Crippen LogP contribution in [0.5, 0.6) is 0 Å². The van der Waals surface area contributed by atoms with Crippen LogP contribution >= 0.6 is 11.6 Å². The maximum atomic E-state index is 13.1. The van der Waals surface area contributed by atoms with Gasteiger partial charge in [0.25, 0.3) is 5.91 Å². The number of piperidine rings is 1. The van der Waals surface area contributed by atoms with Crippen molar-refractivity contribution in [2.75, 3.05) is 25.0 Å². The number of ether oxygens (including phenoxy) is 1. The standard InChI is InChI=1S/C21H22ClFN2O5S/c1-14-4-7-17(11-19(14)22)24-20(26)13-30-21(27)15-3-2-10-25(12-15)31(28,29)18-8-5-16(23)6-9-18/h4-9,11,15H,2-3,10,12-13H2,1H3,(H,24,26). The minimum atomic E-state index is -3.86. The molecular formula is C21H22ClFN2O5S. The molecule has 1 aliphatic heterocycles. The average Bonchev–Trinajstić information content (AvgIpc) is 2.75. The summed E-state index contributed by atoms with van der Waals surface area (Å²) in [4.78, 5) is 24.4. The lowest BCUT2D eigenvalue weighted by Crippen LogP contribution is -2.43. The van der Waals surface area contributed by atoms with Gasteiger partial charge < -0.3 is 10.1 Å². The Hall–Kier alpha value is -2.49. The van der Waals surface area contributed by atoms with Gasteiger partial charge in [-0.25, -0.2) is 12.8 Å². The fourth-order valence-corrected chi connectivity index (χ4v) is 4.94. The molecule has 3 rings (SSSR count). The molecule has 2 aromatic rings. The molecule has 0 spiro atoms. The summed E-state index contributed by atoms with van der Waals surface area (Å²) < 4.78 is 44.9. The molecule has 166 valence electrons. The van der Waals surface area contributed by atoms with Crippen molar-refractivity contribution in [2.45, 2.75) is 24.7 Å². The van der Waals surface area contributed by atoms with Crippen LogP contribution in [0.1, 0.15) is 18.4 Å². The fraction of sp³-hybridized carbons (Fsp3) is 0.333. The monoisotopic (exact) mass is 468 g/mol. The van der Waals surface area contributed by atoms with Gasteiger partial charge in [0.1, 0.15) is 5.82 Å². The molecule has 1 N–H and O–H groups in total. The third-order valence-electron chi connectivity index (χ3n) is 4.97. The molecule has 1 unspecified atom stereocenters. The smallest absolute Gasteiger partial charge is 0.310 e. The number of aryl methyl sites for hydroxylation is 1. The summed E-state index contributed by atoms with van der Waals surface area (Å²) in [6.45, 7) is 1.52. The van der Waals surface area contributed by atoms with E-state index in [0.717, 1.165) is 17.7 Å². The van der Waals surface area contributed by atoms with Gasteiger partial charge in [0.2, 0.25) is 10.0 Å². The van der Waals surface area contributed by atoms with Gasteiger partial charge in [0.15, 0.2) is 6.61 Å². The molecule has 1 atom stereocenters. The van der Waals surface area contributed by atoms with Crippen LogP contribution in [0, 0.1) is 18.7 Å². The van der Waals surface area contributed by atoms with Crippen molar-refractivity contribution >= 4 is 39.2 Å². The molecule has 0 aliphatic carbocycles. The number of hydrogen-bond acceptors (Lipinski definition) is 5. The van der Waals surface area contributed by atoms with E-state index in [2.05, 4.69) is 5.32 Å². The molecule has 1 fully saturated rings. The molecule has 0 bridgehead atoms. The lowest BCUT2D eigenvalue weighted by Gasteiger charge is -2.30. The van der Waals surface area contributed by atoms with Crippen LogP contribution in [0.2, 0.25) is 5.02 Å². The van der Waals surface area contributed by atoms with Crippen LogP contribution < -0.4 is 5.32 Å². The fourth-order valence-electron chi connectivity index (χ4n) is 3.23. The molecule has 0 aromatic heterocycles. The van der Waals surface area contributed by atoms with E-state index in [1.165, 1.54) is 16.4 Å². The zero-order valence-corrected chi connectivity index (χ0v) is 18.4. The van der Waals surface area contributed by atoms with Gasteiger partial charge in [0.05, 0.1) is 10.8 Å². The van der Waals surface area contributed by atoms with E-state index in [1.54, 1.807) is 18.2 Å². The maximum Gasteiger partial charge on any atom is 0.310 e. The number of esters is 1. The van der Waals surface area contributed by atoms with Crippen LogP contribution in [0.4, 0.5) is 10.1 Å². The largest absolute Gasteiger partial charge is 0.455 e. The van der Waals surface area contributed by atoms with Crippen LogP contribution in [0.15, 0.2) is 47.4 Å². The van der Waals surface area contributed by atoms with Crippen molar-refractivity contribution in [3.8, 4) is 0 Å². The van der Waals surface area contributed by atoms with Gasteiger partial charge >= 0.3 is 5.97 Å². The van der Waals surface area contributed by atoms with E-state index in [1.807, 2.05) is 6.92 Å². The van der Waals surface area contributed by atoms with Crippen LogP contribution in [-0.4, -0.2) is 44.3 Å². The first kappa shape index (κ1) is 23.2. The molecule has 7 nitrogen and oxygen atoms in total. The van der Waals surface area contributed by atoms with Gasteiger partial charge in [-0.3, -0.25) is 9.59 Å². The van der Waals surface area contributed by atoms with Crippen molar-refractivity contribution in [1.82, 2.24) is 4.31 Å². The summed E-state index contributed by atoms with van der Waals surface area (Å²) in [5.41, 5.74) is 1.34. The Bertz CT molecular complexity index is 1080. The summed E-state index contributed by atoms with van der Waals surface area (Å²) in [5.74, 6) is -2.40. The number of carbonyl (C=O) groups excluding carboxylic acids is 2. The molecule has 10 heteroatoms. The van der Waals surface area contributed by atoms with E-state index in [9.17, 15) is 22.4 Å². The summed E-state index contributed by atoms with van der Waals surface area (Å²) in [5, 5.41) is 3.09. The quantitative estimate of drug-likeness (QED) is 0.656. The second kappa shape index (κ2) is 9.76. The molecule has 1 amide bonds. The van der Waals surface area contributed by atoms with E-state index in [4.69, 9.17) is 16.3 Å². The third-order valence-corrected chi connectivity index (χ3v) is 7.26. The van der Waals surface area contributed by atoms with Gasteiger partial charge in [-0.15, -0.1) is 0 Å². The minimum Gasteiger partial charge on any atom is -0.455 e. The Morgan fingerprint density at radius 1 is 1.23 bits per heavy atom. The summed E-state index contributed by atoms with van der Waals surface area (Å²) in [6, 6.07) is 9.55. The molecule has 31 heavy (non-hydrogen) atoms. The van der Waals surface area contributed by atoms with E-state index < -0.39 is 40.2 Å². The van der Waals surface area contributed by atoms with Crippen molar-refractivity contribution in [3.63, 3.8) is 0 Å². The first-order valence-electron chi connectivity index (χ1n) is 9.65. The summed E-state index contributed by atoms with van der Waals surface area (Å²) in [7, 11) is -3.86. The average molecular weight is 469 g/mol. The maximum absolute atomic E-state index is 13.1. The number of rotatable bonds is 6. The highest BCUT2D eigenvalue weighted by Crippen LogP contribution is 2.25. The molecule has 1 saturated heterocycles. The van der Waals surface area contributed by atoms with Gasteiger partial charge in [-0.05, 0) is 61.7 Å². The summed E-state index contributed by atoms with van der Waals surface area (Å²) >= 11 is 6.02. The molecule has 0 saturated carbocycles.